The second-order valence-corrected chi connectivity index (χ2v) is 9.57. The number of nitrogens with one attached hydrogen (secondary N) is 1. The molecule has 1 aromatic carbocycles. The van der Waals surface area contributed by atoms with Gasteiger partial charge >= 0.3 is 0 Å². The van der Waals surface area contributed by atoms with Gasteiger partial charge in [-0.1, -0.05) is 45.0 Å². The van der Waals surface area contributed by atoms with E-state index in [1.165, 1.54) is 4.31 Å². The van der Waals surface area contributed by atoms with Gasteiger partial charge in [-0.25, -0.2) is 8.42 Å². The van der Waals surface area contributed by atoms with Crippen LogP contribution in [0.3, 0.4) is 0 Å². The summed E-state index contributed by atoms with van der Waals surface area (Å²) in [5.41, 5.74) is 7.09. The first kappa shape index (κ1) is 23.8. The van der Waals surface area contributed by atoms with Crippen molar-refractivity contribution >= 4 is 28.3 Å². The number of nitrogens with two attached hydrogens (primary N) is 1. The van der Waals surface area contributed by atoms with Crippen LogP contribution in [0.2, 0.25) is 0 Å². The predicted molar refractivity (Wildman–Crippen MR) is 108 cm³/mol. The Hall–Kier alpha value is -1.19. The molecule has 1 aromatic rings. The molecule has 1 aliphatic rings. The van der Waals surface area contributed by atoms with E-state index in [-0.39, 0.29) is 36.0 Å². The van der Waals surface area contributed by atoms with E-state index in [1.54, 1.807) is 12.1 Å². The van der Waals surface area contributed by atoms with Crippen LogP contribution < -0.4 is 11.1 Å². The summed E-state index contributed by atoms with van der Waals surface area (Å²) >= 11 is 0. The van der Waals surface area contributed by atoms with Crippen LogP contribution >= 0.6 is 12.4 Å². The fourth-order valence-corrected chi connectivity index (χ4v) is 4.23. The summed E-state index contributed by atoms with van der Waals surface area (Å²) in [4.78, 5) is 12.2. The summed E-state index contributed by atoms with van der Waals surface area (Å²) in [5.74, 6) is -0.340. The molecule has 0 radical (unpaired) electrons. The molecule has 1 amide bonds. The molecule has 7 nitrogen and oxygen atoms in total. The lowest BCUT2D eigenvalue weighted by molar-refractivity contribution is -0.124. The number of amides is 1. The van der Waals surface area contributed by atoms with Crippen molar-refractivity contribution in [3.05, 3.63) is 35.4 Å². The minimum atomic E-state index is -3.42. The molecular formula is C18H30ClN3O4S. The normalized spacial score (nSPS) is 17.0. The van der Waals surface area contributed by atoms with Crippen LogP contribution in [-0.2, 0) is 31.9 Å². The molecule has 2 rings (SSSR count). The number of halogens is 1. The maximum absolute atomic E-state index is 12.6. The number of carbonyl (C=O) groups is 1. The van der Waals surface area contributed by atoms with Crippen molar-refractivity contribution in [2.24, 2.45) is 11.1 Å². The SMILES string of the molecule is CC(C)(C)[C@H](N)C(=O)NCc1ccccc1CS(=O)(=O)N1CCOCC1.Cl. The quantitative estimate of drug-likeness (QED) is 0.722. The topological polar surface area (TPSA) is 102 Å². The first-order valence-corrected chi connectivity index (χ1v) is 10.4. The zero-order valence-electron chi connectivity index (χ0n) is 16.1. The molecule has 1 aliphatic heterocycles. The Balaban J connectivity index is 0.00000364. The summed E-state index contributed by atoms with van der Waals surface area (Å²) in [7, 11) is -3.42. The maximum Gasteiger partial charge on any atom is 0.237 e. The van der Waals surface area contributed by atoms with Gasteiger partial charge in [-0.15, -0.1) is 12.4 Å². The van der Waals surface area contributed by atoms with Gasteiger partial charge < -0.3 is 15.8 Å². The van der Waals surface area contributed by atoms with E-state index in [0.29, 0.717) is 31.9 Å². The van der Waals surface area contributed by atoms with Crippen LogP contribution in [0.15, 0.2) is 24.3 Å². The fourth-order valence-electron chi connectivity index (χ4n) is 2.67. The van der Waals surface area contributed by atoms with Crippen molar-refractivity contribution in [1.82, 2.24) is 9.62 Å². The third-order valence-corrected chi connectivity index (χ3v) is 6.32. The van der Waals surface area contributed by atoms with Crippen molar-refractivity contribution in [3.8, 4) is 0 Å². The maximum atomic E-state index is 12.6. The third kappa shape index (κ3) is 6.73. The zero-order chi connectivity index (χ0) is 19.4. The number of ether oxygens (including phenoxy) is 1. The summed E-state index contributed by atoms with van der Waals surface area (Å²) in [6.45, 7) is 7.55. The van der Waals surface area contributed by atoms with E-state index in [4.69, 9.17) is 10.5 Å². The monoisotopic (exact) mass is 419 g/mol. The van der Waals surface area contributed by atoms with Gasteiger partial charge in [0.1, 0.15) is 0 Å². The Morgan fingerprint density at radius 2 is 1.78 bits per heavy atom. The molecule has 0 unspecified atom stereocenters. The number of hydrogen-bond acceptors (Lipinski definition) is 5. The highest BCUT2D eigenvalue weighted by Gasteiger charge is 2.28. The first-order chi connectivity index (χ1) is 12.1. The van der Waals surface area contributed by atoms with Gasteiger partial charge in [0.05, 0.1) is 25.0 Å². The highest BCUT2D eigenvalue weighted by molar-refractivity contribution is 7.88. The molecule has 0 bridgehead atoms. The van der Waals surface area contributed by atoms with Gasteiger partial charge in [0.2, 0.25) is 15.9 Å². The molecule has 9 heteroatoms. The molecule has 1 fully saturated rings. The van der Waals surface area contributed by atoms with Gasteiger partial charge in [0.15, 0.2) is 0 Å². The van der Waals surface area contributed by atoms with Gasteiger partial charge in [0.25, 0.3) is 0 Å². The molecule has 1 saturated heterocycles. The van der Waals surface area contributed by atoms with Crippen LogP contribution in [-0.4, -0.2) is 51.0 Å². The first-order valence-electron chi connectivity index (χ1n) is 8.77. The predicted octanol–water partition coefficient (Wildman–Crippen LogP) is 1.26. The number of nitrogens with zero attached hydrogens (tertiary/aromatic N) is 1. The highest BCUT2D eigenvalue weighted by atomic mass is 35.5. The number of carbonyl (C=O) groups excluding carboxylic acids is 1. The molecule has 0 aliphatic carbocycles. The number of sulfonamides is 1. The van der Waals surface area contributed by atoms with Crippen LogP contribution in [0.1, 0.15) is 31.9 Å². The minimum Gasteiger partial charge on any atom is -0.379 e. The molecule has 0 aromatic heterocycles. The molecular weight excluding hydrogens is 390 g/mol. The molecule has 1 atom stereocenters. The van der Waals surface area contributed by atoms with Crippen molar-refractivity contribution in [2.75, 3.05) is 26.3 Å². The van der Waals surface area contributed by atoms with Crippen molar-refractivity contribution < 1.29 is 17.9 Å². The van der Waals surface area contributed by atoms with E-state index >= 15 is 0 Å². The van der Waals surface area contributed by atoms with Crippen LogP contribution in [0.25, 0.3) is 0 Å². The summed E-state index contributed by atoms with van der Waals surface area (Å²) in [5, 5.41) is 2.82. The van der Waals surface area contributed by atoms with Gasteiger partial charge in [-0.3, -0.25) is 4.79 Å². The fraction of sp³-hybridized carbons (Fsp3) is 0.611. The standard InChI is InChI=1S/C18H29N3O4S.ClH/c1-18(2,3)16(19)17(22)20-12-14-6-4-5-7-15(14)13-26(23,24)21-8-10-25-11-9-21;/h4-7,16H,8-13,19H2,1-3H3,(H,20,22);1H/t16-;/m1./s1. The Morgan fingerprint density at radius 3 is 2.33 bits per heavy atom. The van der Waals surface area contributed by atoms with Crippen LogP contribution in [0, 0.1) is 5.41 Å². The zero-order valence-corrected chi connectivity index (χ0v) is 17.7. The third-order valence-electron chi connectivity index (χ3n) is 4.49. The van der Waals surface area contributed by atoms with E-state index in [9.17, 15) is 13.2 Å². The Labute approximate surface area is 168 Å². The minimum absolute atomic E-state index is 0. The van der Waals surface area contributed by atoms with Crippen molar-refractivity contribution in [3.63, 3.8) is 0 Å². The number of rotatable bonds is 6. The van der Waals surface area contributed by atoms with Gasteiger partial charge in [-0.2, -0.15) is 4.31 Å². The lowest BCUT2D eigenvalue weighted by Crippen LogP contribution is -2.48. The average Bonchev–Trinajstić information content (AvgIpc) is 2.59. The van der Waals surface area contributed by atoms with Gasteiger partial charge in [0, 0.05) is 19.6 Å². The second-order valence-electron chi connectivity index (χ2n) is 7.60. The molecule has 154 valence electrons. The Morgan fingerprint density at radius 1 is 1.22 bits per heavy atom. The Kier molecular flexibility index (Phi) is 8.69. The number of morpholine rings is 1. The van der Waals surface area contributed by atoms with E-state index in [1.807, 2.05) is 32.9 Å². The highest BCUT2D eigenvalue weighted by Crippen LogP contribution is 2.19. The Bertz CT molecular complexity index is 728. The average molecular weight is 420 g/mol. The molecule has 27 heavy (non-hydrogen) atoms. The lowest BCUT2D eigenvalue weighted by atomic mass is 9.87. The van der Waals surface area contributed by atoms with Crippen molar-refractivity contribution in [2.45, 2.75) is 39.1 Å². The van der Waals surface area contributed by atoms with E-state index < -0.39 is 16.1 Å². The smallest absolute Gasteiger partial charge is 0.237 e. The molecule has 0 spiro atoms. The second kappa shape index (κ2) is 9.84. The largest absolute Gasteiger partial charge is 0.379 e. The summed E-state index contributed by atoms with van der Waals surface area (Å²) in [6, 6.07) is 6.61. The van der Waals surface area contributed by atoms with Crippen molar-refractivity contribution in [1.29, 1.82) is 0 Å². The van der Waals surface area contributed by atoms with Gasteiger partial charge in [-0.05, 0) is 16.5 Å². The van der Waals surface area contributed by atoms with Crippen LogP contribution in [0.5, 0.6) is 0 Å². The molecule has 1 heterocycles. The lowest BCUT2D eigenvalue weighted by Gasteiger charge is -2.27. The molecule has 3 N–H and O–H groups in total. The number of benzene rings is 1. The summed E-state index contributed by atoms with van der Waals surface area (Å²) < 4.78 is 32.0. The van der Waals surface area contributed by atoms with E-state index in [0.717, 1.165) is 5.56 Å². The summed E-state index contributed by atoms with van der Waals surface area (Å²) in [6.07, 6.45) is 0. The van der Waals surface area contributed by atoms with E-state index in [2.05, 4.69) is 5.32 Å². The molecule has 0 saturated carbocycles. The number of hydrogen-bond donors (Lipinski definition) is 2. The van der Waals surface area contributed by atoms with Crippen LogP contribution in [0.4, 0.5) is 0 Å².